The summed E-state index contributed by atoms with van der Waals surface area (Å²) < 4.78 is 13.1. The molecule has 2 aliphatic rings. The molecule has 0 radical (unpaired) electrons. The third-order valence-electron chi connectivity index (χ3n) is 4.48. The van der Waals surface area contributed by atoms with Crippen LogP contribution in [0.15, 0.2) is 24.3 Å². The molecule has 1 saturated heterocycles. The van der Waals surface area contributed by atoms with Crippen LogP contribution in [0.1, 0.15) is 19.3 Å². The van der Waals surface area contributed by atoms with E-state index in [4.69, 9.17) is 0 Å². The van der Waals surface area contributed by atoms with Crippen LogP contribution in [0.4, 0.5) is 14.9 Å². The van der Waals surface area contributed by atoms with Gasteiger partial charge in [0, 0.05) is 12.2 Å². The first-order valence-electron chi connectivity index (χ1n) is 7.12. The SMILES string of the molecule is O=C(O)C1C2CCCC2CN1C(=O)Nc1cccc(F)c1. The Kier molecular flexibility index (Phi) is 3.53. The Bertz CT molecular complexity index is 578. The fourth-order valence-electron chi connectivity index (χ4n) is 3.59. The van der Waals surface area contributed by atoms with Gasteiger partial charge in [0.05, 0.1) is 0 Å². The van der Waals surface area contributed by atoms with Gasteiger partial charge in [-0.15, -0.1) is 0 Å². The molecule has 2 amide bonds. The van der Waals surface area contributed by atoms with E-state index in [-0.39, 0.29) is 11.8 Å². The van der Waals surface area contributed by atoms with E-state index in [1.807, 2.05) is 0 Å². The van der Waals surface area contributed by atoms with E-state index in [1.165, 1.54) is 23.1 Å². The summed E-state index contributed by atoms with van der Waals surface area (Å²) in [5, 5.41) is 12.0. The van der Waals surface area contributed by atoms with Crippen LogP contribution in [0.5, 0.6) is 0 Å². The molecule has 1 saturated carbocycles. The number of carbonyl (C=O) groups excluding carboxylic acids is 1. The summed E-state index contributed by atoms with van der Waals surface area (Å²) in [5.74, 6) is -1.09. The van der Waals surface area contributed by atoms with Gasteiger partial charge in [-0.05, 0) is 42.9 Å². The molecule has 21 heavy (non-hydrogen) atoms. The molecular formula is C15H17FN2O3. The highest BCUT2D eigenvalue weighted by molar-refractivity contribution is 5.93. The lowest BCUT2D eigenvalue weighted by molar-refractivity contribution is -0.142. The van der Waals surface area contributed by atoms with Crippen LogP contribution in [0.25, 0.3) is 0 Å². The van der Waals surface area contributed by atoms with Crippen molar-refractivity contribution in [2.45, 2.75) is 25.3 Å². The maximum atomic E-state index is 13.1. The number of urea groups is 1. The molecule has 3 atom stereocenters. The van der Waals surface area contributed by atoms with Crippen molar-refractivity contribution < 1.29 is 19.1 Å². The molecule has 5 nitrogen and oxygen atoms in total. The van der Waals surface area contributed by atoms with Gasteiger partial charge in [-0.3, -0.25) is 0 Å². The van der Waals surface area contributed by atoms with Gasteiger partial charge in [-0.25, -0.2) is 14.0 Å². The molecule has 0 spiro atoms. The number of benzene rings is 1. The molecule has 3 rings (SSSR count). The molecule has 2 N–H and O–H groups in total. The number of rotatable bonds is 2. The minimum Gasteiger partial charge on any atom is -0.480 e. The Morgan fingerprint density at radius 1 is 1.33 bits per heavy atom. The third kappa shape index (κ3) is 2.57. The number of hydrogen-bond acceptors (Lipinski definition) is 2. The third-order valence-corrected chi connectivity index (χ3v) is 4.48. The topological polar surface area (TPSA) is 69.6 Å². The molecule has 1 aromatic carbocycles. The van der Waals surface area contributed by atoms with Crippen molar-refractivity contribution in [1.29, 1.82) is 0 Å². The molecule has 112 valence electrons. The van der Waals surface area contributed by atoms with Gasteiger partial charge in [-0.1, -0.05) is 12.5 Å². The fraction of sp³-hybridized carbons (Fsp3) is 0.467. The Balaban J connectivity index is 1.76. The van der Waals surface area contributed by atoms with Crippen LogP contribution < -0.4 is 5.32 Å². The van der Waals surface area contributed by atoms with E-state index in [0.29, 0.717) is 12.2 Å². The highest BCUT2D eigenvalue weighted by Gasteiger charge is 2.49. The number of fused-ring (bicyclic) bond motifs is 1. The summed E-state index contributed by atoms with van der Waals surface area (Å²) in [7, 11) is 0. The summed E-state index contributed by atoms with van der Waals surface area (Å²) in [6.07, 6.45) is 2.85. The van der Waals surface area contributed by atoms with Crippen molar-refractivity contribution in [2.24, 2.45) is 11.8 Å². The number of nitrogens with one attached hydrogen (secondary N) is 1. The standard InChI is InChI=1S/C15H17FN2O3/c16-10-4-2-5-11(7-10)17-15(21)18-8-9-3-1-6-12(9)13(18)14(19)20/h2,4-5,7,9,12-13H,1,3,6,8H2,(H,17,21)(H,19,20). The maximum absolute atomic E-state index is 13.1. The monoisotopic (exact) mass is 292 g/mol. The van der Waals surface area contributed by atoms with Crippen LogP contribution >= 0.6 is 0 Å². The predicted octanol–water partition coefficient (Wildman–Crippen LogP) is 2.54. The van der Waals surface area contributed by atoms with E-state index in [9.17, 15) is 19.1 Å². The molecule has 0 aromatic heterocycles. The lowest BCUT2D eigenvalue weighted by Gasteiger charge is -2.24. The Hall–Kier alpha value is -2.11. The first kappa shape index (κ1) is 13.9. The van der Waals surface area contributed by atoms with Crippen molar-refractivity contribution in [3.8, 4) is 0 Å². The average Bonchev–Trinajstić information content (AvgIpc) is 2.97. The lowest BCUT2D eigenvalue weighted by atomic mass is 9.94. The highest BCUT2D eigenvalue weighted by atomic mass is 19.1. The molecule has 1 heterocycles. The number of carboxylic acids is 1. The summed E-state index contributed by atoms with van der Waals surface area (Å²) in [6, 6.07) is 4.33. The second kappa shape index (κ2) is 5.35. The van der Waals surface area contributed by atoms with Crippen LogP contribution in [-0.2, 0) is 4.79 Å². The van der Waals surface area contributed by atoms with E-state index < -0.39 is 23.9 Å². The molecule has 2 fully saturated rings. The zero-order chi connectivity index (χ0) is 15.0. The quantitative estimate of drug-likeness (QED) is 0.880. The molecular weight excluding hydrogens is 275 g/mol. The number of carboxylic acid groups (broad SMARTS) is 1. The van der Waals surface area contributed by atoms with Crippen LogP contribution in [-0.4, -0.2) is 34.6 Å². The van der Waals surface area contributed by atoms with Crippen molar-refractivity contribution in [3.63, 3.8) is 0 Å². The van der Waals surface area contributed by atoms with Gasteiger partial charge in [0.15, 0.2) is 0 Å². The molecule has 1 aliphatic heterocycles. The van der Waals surface area contributed by atoms with Crippen LogP contribution in [0, 0.1) is 17.7 Å². The van der Waals surface area contributed by atoms with Gasteiger partial charge >= 0.3 is 12.0 Å². The van der Waals surface area contributed by atoms with Crippen LogP contribution in [0.2, 0.25) is 0 Å². The molecule has 1 aliphatic carbocycles. The number of amides is 2. The summed E-state index contributed by atoms with van der Waals surface area (Å²) >= 11 is 0. The van der Waals surface area contributed by atoms with Gasteiger partial charge in [0.1, 0.15) is 11.9 Å². The average molecular weight is 292 g/mol. The van der Waals surface area contributed by atoms with E-state index in [0.717, 1.165) is 19.3 Å². The van der Waals surface area contributed by atoms with Crippen molar-refractivity contribution in [2.75, 3.05) is 11.9 Å². The zero-order valence-corrected chi connectivity index (χ0v) is 11.5. The van der Waals surface area contributed by atoms with Crippen molar-refractivity contribution in [1.82, 2.24) is 4.90 Å². The maximum Gasteiger partial charge on any atom is 0.326 e. The number of aliphatic carboxylic acids is 1. The lowest BCUT2D eigenvalue weighted by Crippen LogP contribution is -2.45. The number of likely N-dealkylation sites (tertiary alicyclic amines) is 1. The van der Waals surface area contributed by atoms with Gasteiger partial charge in [0.2, 0.25) is 0 Å². The Labute approximate surface area is 121 Å². The Morgan fingerprint density at radius 3 is 2.86 bits per heavy atom. The molecule has 0 bridgehead atoms. The second-order valence-electron chi connectivity index (χ2n) is 5.73. The van der Waals surface area contributed by atoms with E-state index >= 15 is 0 Å². The number of carbonyl (C=O) groups is 2. The minimum absolute atomic E-state index is 0.0424. The number of nitrogens with zero attached hydrogens (tertiary/aromatic N) is 1. The summed E-state index contributed by atoms with van der Waals surface area (Å²) in [6.45, 7) is 0.461. The first-order chi connectivity index (χ1) is 10.1. The molecule has 6 heteroatoms. The van der Waals surface area contributed by atoms with Gasteiger partial charge in [-0.2, -0.15) is 0 Å². The summed E-state index contributed by atoms with van der Waals surface area (Å²) in [4.78, 5) is 25.2. The predicted molar refractivity (Wildman–Crippen MR) is 74.4 cm³/mol. The zero-order valence-electron chi connectivity index (χ0n) is 11.5. The normalized spacial score (nSPS) is 27.5. The molecule has 3 unspecified atom stereocenters. The van der Waals surface area contributed by atoms with Crippen molar-refractivity contribution >= 4 is 17.7 Å². The highest BCUT2D eigenvalue weighted by Crippen LogP contribution is 2.42. The summed E-state index contributed by atoms with van der Waals surface area (Å²) in [5.41, 5.74) is 0.334. The van der Waals surface area contributed by atoms with E-state index in [1.54, 1.807) is 6.07 Å². The number of anilines is 1. The number of halogens is 1. The van der Waals surface area contributed by atoms with Gasteiger partial charge in [0.25, 0.3) is 0 Å². The molecule has 1 aromatic rings. The van der Waals surface area contributed by atoms with Crippen molar-refractivity contribution in [3.05, 3.63) is 30.1 Å². The van der Waals surface area contributed by atoms with Crippen LogP contribution in [0.3, 0.4) is 0 Å². The minimum atomic E-state index is -0.959. The first-order valence-corrected chi connectivity index (χ1v) is 7.12. The van der Waals surface area contributed by atoms with E-state index in [2.05, 4.69) is 5.32 Å². The second-order valence-corrected chi connectivity index (χ2v) is 5.73. The smallest absolute Gasteiger partial charge is 0.326 e. The number of hydrogen-bond donors (Lipinski definition) is 2. The largest absolute Gasteiger partial charge is 0.480 e. The van der Waals surface area contributed by atoms with Gasteiger partial charge < -0.3 is 15.3 Å². The Morgan fingerprint density at radius 2 is 2.14 bits per heavy atom. The fourth-order valence-corrected chi connectivity index (χ4v) is 3.59.